The first-order valence-electron chi connectivity index (χ1n) is 9.36. The number of benzene rings is 1. The van der Waals surface area contributed by atoms with Crippen molar-refractivity contribution in [1.82, 2.24) is 9.78 Å². The van der Waals surface area contributed by atoms with Gasteiger partial charge < -0.3 is 14.8 Å². The molecule has 8 nitrogen and oxygen atoms in total. The van der Waals surface area contributed by atoms with E-state index in [9.17, 15) is 13.2 Å². The van der Waals surface area contributed by atoms with Gasteiger partial charge in [-0.05, 0) is 31.7 Å². The summed E-state index contributed by atoms with van der Waals surface area (Å²) in [5.74, 6) is 0.607. The molecule has 4 rings (SSSR count). The highest BCUT2D eigenvalue weighted by atomic mass is 35.5. The van der Waals surface area contributed by atoms with Gasteiger partial charge >= 0.3 is 0 Å². The summed E-state index contributed by atoms with van der Waals surface area (Å²) in [6, 6.07) is 2.84. The minimum absolute atomic E-state index is 0.00548. The van der Waals surface area contributed by atoms with Gasteiger partial charge in [-0.15, -0.1) is 0 Å². The van der Waals surface area contributed by atoms with E-state index in [4.69, 9.17) is 21.1 Å². The first-order chi connectivity index (χ1) is 13.8. The number of hydrogen-bond acceptors (Lipinski definition) is 6. The molecule has 1 aliphatic carbocycles. The van der Waals surface area contributed by atoms with E-state index in [1.807, 2.05) is 0 Å². The van der Waals surface area contributed by atoms with Gasteiger partial charge in [0.05, 0.1) is 48.2 Å². The molecule has 0 spiro atoms. The van der Waals surface area contributed by atoms with E-state index in [-0.39, 0.29) is 23.5 Å². The number of amides is 1. The molecule has 2 aromatic rings. The number of hydrogen-bond donors (Lipinski definition) is 1. The summed E-state index contributed by atoms with van der Waals surface area (Å²) in [6.07, 6.45) is 2.93. The van der Waals surface area contributed by atoms with Crippen LogP contribution in [0.2, 0.25) is 5.02 Å². The van der Waals surface area contributed by atoms with Crippen LogP contribution in [0, 0.1) is 0 Å². The van der Waals surface area contributed by atoms with Gasteiger partial charge in [-0.1, -0.05) is 11.6 Å². The van der Waals surface area contributed by atoms with Crippen LogP contribution in [0.4, 0.5) is 5.69 Å². The number of ether oxygens (including phenoxy) is 2. The summed E-state index contributed by atoms with van der Waals surface area (Å²) in [7, 11) is -0.119. The maximum Gasteiger partial charge on any atom is 0.274 e. The van der Waals surface area contributed by atoms with E-state index in [1.54, 1.807) is 16.8 Å². The summed E-state index contributed by atoms with van der Waals surface area (Å²) < 4.78 is 36.1. The van der Waals surface area contributed by atoms with Gasteiger partial charge in [-0.2, -0.15) is 5.10 Å². The second kappa shape index (κ2) is 7.53. The number of halogens is 1. The van der Waals surface area contributed by atoms with Crippen molar-refractivity contribution in [2.45, 2.75) is 31.7 Å². The molecule has 1 amide bonds. The van der Waals surface area contributed by atoms with E-state index in [0.717, 1.165) is 30.5 Å². The number of carbonyl (C=O) groups excluding carboxylic acids is 1. The third-order valence-electron chi connectivity index (χ3n) is 5.42. The quantitative estimate of drug-likeness (QED) is 0.768. The lowest BCUT2D eigenvalue weighted by molar-refractivity contribution is 0.101. The minimum Gasteiger partial charge on any atom is -0.495 e. The molecule has 0 saturated carbocycles. The molecule has 2 aliphatic rings. The first kappa shape index (κ1) is 20.0. The number of sulfone groups is 1. The maximum atomic E-state index is 13.3. The average Bonchev–Trinajstić information content (AvgIpc) is 3.35. The van der Waals surface area contributed by atoms with Crippen LogP contribution in [0.3, 0.4) is 0 Å². The molecule has 1 aromatic heterocycles. The SMILES string of the molecule is COc1cc(OC)c(NC(=O)c2c3c(nn2C2CCS(=O)(=O)C2)CCC3)cc1Cl. The number of anilines is 1. The molecule has 2 heterocycles. The lowest BCUT2D eigenvalue weighted by Crippen LogP contribution is -2.23. The molecule has 29 heavy (non-hydrogen) atoms. The Morgan fingerprint density at radius 2 is 2.00 bits per heavy atom. The molecule has 156 valence electrons. The van der Waals surface area contributed by atoms with Crippen LogP contribution < -0.4 is 14.8 Å². The van der Waals surface area contributed by atoms with E-state index < -0.39 is 9.84 Å². The van der Waals surface area contributed by atoms with Gasteiger partial charge in [0, 0.05) is 11.6 Å². The van der Waals surface area contributed by atoms with Crippen LogP contribution >= 0.6 is 11.6 Å². The third-order valence-corrected chi connectivity index (χ3v) is 7.47. The Morgan fingerprint density at radius 3 is 2.66 bits per heavy atom. The second-order valence-electron chi connectivity index (χ2n) is 7.27. The molecule has 1 aromatic carbocycles. The van der Waals surface area contributed by atoms with E-state index >= 15 is 0 Å². The van der Waals surface area contributed by atoms with Crippen LogP contribution in [-0.4, -0.2) is 49.8 Å². The fraction of sp³-hybridized carbons (Fsp3) is 0.474. The molecule has 1 atom stereocenters. The highest BCUT2D eigenvalue weighted by Gasteiger charge is 2.35. The van der Waals surface area contributed by atoms with E-state index in [0.29, 0.717) is 34.3 Å². The van der Waals surface area contributed by atoms with Crippen molar-refractivity contribution in [3.63, 3.8) is 0 Å². The predicted octanol–water partition coefficient (Wildman–Crippen LogP) is 2.65. The Labute approximate surface area is 174 Å². The van der Waals surface area contributed by atoms with Gasteiger partial charge in [0.25, 0.3) is 5.91 Å². The van der Waals surface area contributed by atoms with Crippen molar-refractivity contribution >= 4 is 33.0 Å². The number of methoxy groups -OCH3 is 2. The smallest absolute Gasteiger partial charge is 0.274 e. The van der Waals surface area contributed by atoms with Crippen molar-refractivity contribution in [3.05, 3.63) is 34.1 Å². The molecule has 1 unspecified atom stereocenters. The topological polar surface area (TPSA) is 99.5 Å². The normalized spacial score (nSPS) is 19.8. The Hall–Kier alpha value is -2.26. The zero-order chi connectivity index (χ0) is 20.8. The lowest BCUT2D eigenvalue weighted by atomic mass is 10.1. The maximum absolute atomic E-state index is 13.3. The molecule has 10 heteroatoms. The molecule has 1 N–H and O–H groups in total. The highest BCUT2D eigenvalue weighted by molar-refractivity contribution is 7.91. The van der Waals surface area contributed by atoms with Crippen molar-refractivity contribution in [3.8, 4) is 11.5 Å². The predicted molar refractivity (Wildman–Crippen MR) is 109 cm³/mol. The summed E-state index contributed by atoms with van der Waals surface area (Å²) in [6.45, 7) is 0. The number of nitrogens with zero attached hydrogens (tertiary/aromatic N) is 2. The number of carbonyl (C=O) groups is 1. The van der Waals surface area contributed by atoms with Crippen LogP contribution in [-0.2, 0) is 22.7 Å². The summed E-state index contributed by atoms with van der Waals surface area (Å²) >= 11 is 6.21. The van der Waals surface area contributed by atoms with Gasteiger partial charge in [0.1, 0.15) is 17.2 Å². The molecule has 1 fully saturated rings. The monoisotopic (exact) mass is 439 g/mol. The fourth-order valence-electron chi connectivity index (χ4n) is 4.02. The van der Waals surface area contributed by atoms with Crippen LogP contribution in [0.25, 0.3) is 0 Å². The summed E-state index contributed by atoms with van der Waals surface area (Å²) in [4.78, 5) is 13.3. The van der Waals surface area contributed by atoms with Crippen molar-refractivity contribution in [1.29, 1.82) is 0 Å². The van der Waals surface area contributed by atoms with Crippen LogP contribution in [0.1, 0.15) is 40.6 Å². The number of fused-ring (bicyclic) bond motifs is 1. The van der Waals surface area contributed by atoms with Gasteiger partial charge in [0.15, 0.2) is 9.84 Å². The number of nitrogens with one attached hydrogen (secondary N) is 1. The van der Waals surface area contributed by atoms with Crippen LogP contribution in [0.15, 0.2) is 12.1 Å². The van der Waals surface area contributed by atoms with E-state index in [1.165, 1.54) is 14.2 Å². The minimum atomic E-state index is -3.11. The summed E-state index contributed by atoms with van der Waals surface area (Å²) in [5.41, 5.74) is 2.60. The van der Waals surface area contributed by atoms with Crippen molar-refractivity contribution in [2.24, 2.45) is 0 Å². The Bertz CT molecular complexity index is 1080. The molecule has 1 saturated heterocycles. The third kappa shape index (κ3) is 3.69. The Balaban J connectivity index is 1.70. The largest absolute Gasteiger partial charge is 0.495 e. The van der Waals surface area contributed by atoms with Crippen LogP contribution in [0.5, 0.6) is 11.5 Å². The summed E-state index contributed by atoms with van der Waals surface area (Å²) in [5, 5.41) is 7.80. The molecule has 0 bridgehead atoms. The number of rotatable bonds is 5. The zero-order valence-corrected chi connectivity index (χ0v) is 17.8. The molecular weight excluding hydrogens is 418 g/mol. The van der Waals surface area contributed by atoms with Crippen molar-refractivity contribution in [2.75, 3.05) is 31.0 Å². The number of aromatic nitrogens is 2. The average molecular weight is 440 g/mol. The molecule has 0 radical (unpaired) electrons. The van der Waals surface area contributed by atoms with E-state index in [2.05, 4.69) is 10.4 Å². The second-order valence-corrected chi connectivity index (χ2v) is 9.91. The van der Waals surface area contributed by atoms with Gasteiger partial charge in [-0.25, -0.2) is 8.42 Å². The first-order valence-corrected chi connectivity index (χ1v) is 11.6. The Morgan fingerprint density at radius 1 is 1.24 bits per heavy atom. The molecular formula is C19H22ClN3O5S. The number of aryl methyl sites for hydroxylation is 1. The van der Waals surface area contributed by atoms with Gasteiger partial charge in [0.2, 0.25) is 0 Å². The van der Waals surface area contributed by atoms with Gasteiger partial charge in [-0.3, -0.25) is 9.48 Å². The molecule has 1 aliphatic heterocycles. The Kier molecular flexibility index (Phi) is 5.20. The fourth-order valence-corrected chi connectivity index (χ4v) is 5.96. The lowest BCUT2D eigenvalue weighted by Gasteiger charge is -2.16. The zero-order valence-electron chi connectivity index (χ0n) is 16.2. The standard InChI is InChI=1S/C19H22ClN3O5S/c1-27-16-9-17(28-2)15(8-13(16)20)21-19(24)18-12-4-3-5-14(12)22-23(18)11-6-7-29(25,26)10-11/h8-9,11H,3-7,10H2,1-2H3,(H,21,24). The van der Waals surface area contributed by atoms with Crippen molar-refractivity contribution < 1.29 is 22.7 Å². The highest BCUT2D eigenvalue weighted by Crippen LogP contribution is 2.37.